The molecule has 0 N–H and O–H groups in total. The van der Waals surface area contributed by atoms with Gasteiger partial charge in [0, 0.05) is 10.6 Å². The van der Waals surface area contributed by atoms with Gasteiger partial charge < -0.3 is 9.47 Å². The van der Waals surface area contributed by atoms with Crippen LogP contribution in [-0.2, 0) is 9.13 Å². The second-order valence-electron chi connectivity index (χ2n) is 6.98. The first-order chi connectivity index (χ1) is 15.5. The highest BCUT2D eigenvalue weighted by atomic mass is 33.6. The molecule has 0 saturated carbocycles. The number of hydrogen-bond acceptors (Lipinski definition) is 6. The van der Waals surface area contributed by atoms with Crippen molar-refractivity contribution in [1.29, 1.82) is 0 Å². The lowest BCUT2D eigenvalue weighted by Crippen LogP contribution is -2.09. The molecule has 1 saturated heterocycles. The van der Waals surface area contributed by atoms with E-state index in [0.717, 1.165) is 33.5 Å². The topological polar surface area (TPSA) is 52.6 Å². The van der Waals surface area contributed by atoms with Gasteiger partial charge in [-0.1, -0.05) is 36.4 Å². The van der Waals surface area contributed by atoms with E-state index in [4.69, 9.17) is 9.47 Å². The first-order valence-corrected chi connectivity index (χ1v) is 17.3. The molecule has 4 nitrogen and oxygen atoms in total. The molecule has 4 aromatic carbocycles. The summed E-state index contributed by atoms with van der Waals surface area (Å²) < 4.78 is 38.2. The zero-order valence-electron chi connectivity index (χ0n) is 16.7. The van der Waals surface area contributed by atoms with Gasteiger partial charge >= 0.3 is 0 Å². The van der Waals surface area contributed by atoms with E-state index in [1.807, 2.05) is 60.7 Å². The van der Waals surface area contributed by atoms with E-state index in [9.17, 15) is 9.13 Å². The van der Waals surface area contributed by atoms with Crippen LogP contribution < -0.4 is 20.1 Å². The zero-order chi connectivity index (χ0) is 22.0. The van der Waals surface area contributed by atoms with Crippen LogP contribution in [0.2, 0.25) is 0 Å². The molecule has 0 radical (unpaired) electrons. The molecule has 8 heteroatoms. The maximum atomic E-state index is 13.3. The summed E-state index contributed by atoms with van der Waals surface area (Å²) >= 11 is 2.19. The molecule has 1 fully saturated rings. The van der Waals surface area contributed by atoms with Gasteiger partial charge in [-0.25, -0.2) is 0 Å². The molecule has 32 heavy (non-hydrogen) atoms. The minimum atomic E-state index is -2.82. The second-order valence-corrected chi connectivity index (χ2v) is 21.8. The van der Waals surface area contributed by atoms with E-state index in [0.29, 0.717) is 22.1 Å². The largest absolute Gasteiger partial charge is 0.457 e. The predicted molar refractivity (Wildman–Crippen MR) is 136 cm³/mol. The molecule has 1 aliphatic heterocycles. The monoisotopic (exact) mass is 496 g/mol. The van der Waals surface area contributed by atoms with Crippen molar-refractivity contribution in [2.75, 3.05) is 0 Å². The molecule has 0 amide bonds. The van der Waals surface area contributed by atoms with Crippen molar-refractivity contribution in [3.63, 3.8) is 0 Å². The van der Waals surface area contributed by atoms with Crippen LogP contribution in [0.3, 0.4) is 0 Å². The third kappa shape index (κ3) is 4.55. The highest BCUT2D eigenvalue weighted by molar-refractivity contribution is 9.39. The van der Waals surface area contributed by atoms with Crippen molar-refractivity contribution in [2.24, 2.45) is 0 Å². The van der Waals surface area contributed by atoms with Crippen LogP contribution >= 0.6 is 33.1 Å². The second kappa shape index (κ2) is 8.88. The Morgan fingerprint density at radius 1 is 0.438 bits per heavy atom. The predicted octanol–water partition coefficient (Wildman–Crippen LogP) is 8.09. The Morgan fingerprint density at radius 3 is 1.09 bits per heavy atom. The molecule has 5 rings (SSSR count). The summed E-state index contributed by atoms with van der Waals surface area (Å²) in [5, 5.41) is 1.37. The fourth-order valence-corrected chi connectivity index (χ4v) is 26.4. The zero-order valence-corrected chi connectivity index (χ0v) is 20.2. The highest BCUT2D eigenvalue weighted by Crippen LogP contribution is 3.03. The molecular weight excluding hydrogens is 478 g/mol. The maximum Gasteiger partial charge on any atom is 0.235 e. The molecule has 0 spiro atoms. The molecule has 4 aromatic rings. The molecule has 0 aliphatic carbocycles. The van der Waals surface area contributed by atoms with E-state index in [1.165, 1.54) is 0 Å². The van der Waals surface area contributed by atoms with Crippen molar-refractivity contribution in [2.45, 2.75) is 0 Å². The van der Waals surface area contributed by atoms with Crippen LogP contribution in [0, 0.1) is 0 Å². The first kappa shape index (κ1) is 21.5. The minimum absolute atomic E-state index is 0.666. The van der Waals surface area contributed by atoms with E-state index < -0.39 is 11.1 Å². The van der Waals surface area contributed by atoms with Gasteiger partial charge in [0.1, 0.15) is 23.0 Å². The lowest BCUT2D eigenvalue weighted by Gasteiger charge is -2.33. The Bertz CT molecular complexity index is 1190. The number of ether oxygens (including phenoxy) is 2. The fourth-order valence-electron chi connectivity index (χ4n) is 3.12. The summed E-state index contributed by atoms with van der Waals surface area (Å²) in [5.74, 6) is 2.81. The van der Waals surface area contributed by atoms with Gasteiger partial charge in [-0.15, -0.1) is 0 Å². The quantitative estimate of drug-likeness (QED) is 0.252. The first-order valence-electron chi connectivity index (χ1n) is 9.82. The van der Waals surface area contributed by atoms with Gasteiger partial charge in [-0.05, 0) is 94.8 Å². The van der Waals surface area contributed by atoms with E-state index in [-0.39, 0.29) is 0 Å². The third-order valence-electron chi connectivity index (χ3n) is 4.69. The molecule has 1 heterocycles. The maximum absolute atomic E-state index is 13.3. The van der Waals surface area contributed by atoms with Gasteiger partial charge in [-0.2, -0.15) is 0 Å². The summed E-state index contributed by atoms with van der Waals surface area (Å²) in [6.45, 7) is 0. The van der Waals surface area contributed by atoms with Crippen LogP contribution in [0.15, 0.2) is 109 Å². The van der Waals surface area contributed by atoms with Gasteiger partial charge in [0.25, 0.3) is 0 Å². The van der Waals surface area contributed by atoms with Crippen LogP contribution in [0.5, 0.6) is 23.0 Å². The Kier molecular flexibility index (Phi) is 5.96. The Balaban J connectivity index is 1.25. The average Bonchev–Trinajstić information content (AvgIpc) is 2.80. The van der Waals surface area contributed by atoms with Crippen molar-refractivity contribution in [3.8, 4) is 23.0 Å². The lowest BCUT2D eigenvalue weighted by molar-refractivity contribution is 0.482. The summed E-state index contributed by atoms with van der Waals surface area (Å²) in [6.07, 6.45) is 0. The van der Waals surface area contributed by atoms with Crippen molar-refractivity contribution in [3.05, 3.63) is 109 Å². The van der Waals surface area contributed by atoms with Gasteiger partial charge in [0.05, 0.1) is 0 Å². The van der Waals surface area contributed by atoms with Gasteiger partial charge in [0.2, 0.25) is 11.1 Å². The van der Waals surface area contributed by atoms with E-state index >= 15 is 0 Å². The normalized spacial score (nSPS) is 22.0. The standard InChI is InChI=1S/C24H18O4P2S2/c25-29(23-15-11-21(12-16-23)27-19-7-3-1-4-8-19)31-30(26,32-29)24-17-13-22(14-18-24)28-20-9-5-2-6-10-20/h1-18H. The van der Waals surface area contributed by atoms with Crippen LogP contribution in [0.4, 0.5) is 0 Å². The molecule has 0 bridgehead atoms. The summed E-state index contributed by atoms with van der Waals surface area (Å²) in [6, 6.07) is 33.3. The lowest BCUT2D eigenvalue weighted by atomic mass is 10.3. The Morgan fingerprint density at radius 2 is 0.750 bits per heavy atom. The van der Waals surface area contributed by atoms with Crippen LogP contribution in [0.1, 0.15) is 0 Å². The third-order valence-corrected chi connectivity index (χ3v) is 27.5. The molecule has 0 unspecified atom stereocenters. The summed E-state index contributed by atoms with van der Waals surface area (Å²) in [5.41, 5.74) is -5.64. The number of hydrogen-bond donors (Lipinski definition) is 0. The summed E-state index contributed by atoms with van der Waals surface area (Å²) in [4.78, 5) is 0. The molecular formula is C24H18O4P2S2. The molecule has 160 valence electrons. The fraction of sp³-hybridized carbons (Fsp3) is 0. The SMILES string of the molecule is O=P1(c2ccc(Oc3ccccc3)cc2)SP(=O)(c2ccc(Oc3ccccc3)cc2)S1. The number of benzene rings is 4. The van der Waals surface area contributed by atoms with Gasteiger partial charge in [-0.3, -0.25) is 9.13 Å². The van der Waals surface area contributed by atoms with Crippen molar-refractivity contribution < 1.29 is 18.6 Å². The average molecular weight is 496 g/mol. The van der Waals surface area contributed by atoms with Crippen molar-refractivity contribution in [1.82, 2.24) is 0 Å². The molecule has 0 atom stereocenters. The summed E-state index contributed by atoms with van der Waals surface area (Å²) in [7, 11) is 0. The number of rotatable bonds is 6. The van der Waals surface area contributed by atoms with Crippen LogP contribution in [0.25, 0.3) is 0 Å². The minimum Gasteiger partial charge on any atom is -0.457 e. The number of para-hydroxylation sites is 2. The van der Waals surface area contributed by atoms with Crippen molar-refractivity contribution >= 4 is 43.7 Å². The van der Waals surface area contributed by atoms with E-state index in [2.05, 4.69) is 0 Å². The van der Waals surface area contributed by atoms with Crippen LogP contribution in [-0.4, -0.2) is 0 Å². The highest BCUT2D eigenvalue weighted by Gasteiger charge is 2.53. The Labute approximate surface area is 194 Å². The smallest absolute Gasteiger partial charge is 0.235 e. The van der Waals surface area contributed by atoms with E-state index in [1.54, 1.807) is 48.5 Å². The molecule has 0 aromatic heterocycles. The molecule has 1 aliphatic rings. The van der Waals surface area contributed by atoms with Gasteiger partial charge in [0.15, 0.2) is 0 Å². The Hall–Kier alpha value is -2.36.